The molecule has 0 aromatic heterocycles. The predicted molar refractivity (Wildman–Crippen MR) is 111 cm³/mol. The first kappa shape index (κ1) is 19.9. The monoisotopic (exact) mass is 414 g/mol. The number of oxime groups is 1. The molecule has 2 aliphatic rings. The Kier molecular flexibility index (Phi) is 6.14. The molecule has 2 aromatic rings. The first-order valence-corrected chi connectivity index (χ1v) is 10.5. The molecule has 0 saturated heterocycles. The lowest BCUT2D eigenvalue weighted by Crippen LogP contribution is -2.40. The fraction of sp³-hybridized carbons (Fsp3) is 0.391. The van der Waals surface area contributed by atoms with Crippen LogP contribution in [0.5, 0.6) is 0 Å². The van der Waals surface area contributed by atoms with E-state index in [-0.39, 0.29) is 23.7 Å². The van der Waals surface area contributed by atoms with Crippen LogP contribution in [0.1, 0.15) is 43.2 Å². The van der Waals surface area contributed by atoms with E-state index >= 15 is 0 Å². The summed E-state index contributed by atoms with van der Waals surface area (Å²) in [5, 5.41) is 4.91. The summed E-state index contributed by atoms with van der Waals surface area (Å²) >= 11 is 5.96. The van der Waals surface area contributed by atoms with Crippen LogP contribution in [0.25, 0.3) is 0 Å². The maximum Gasteiger partial charge on any atom is 0.226 e. The number of carbonyl (C=O) groups excluding carboxylic acids is 1. The van der Waals surface area contributed by atoms with E-state index < -0.39 is 0 Å². The van der Waals surface area contributed by atoms with Crippen LogP contribution in [0, 0.1) is 11.7 Å². The third kappa shape index (κ3) is 4.96. The largest absolute Gasteiger partial charge is 0.390 e. The molecule has 0 bridgehead atoms. The van der Waals surface area contributed by atoms with E-state index in [1.165, 1.54) is 12.1 Å². The summed E-state index contributed by atoms with van der Waals surface area (Å²) in [5.41, 5.74) is 2.75. The molecule has 4 nitrogen and oxygen atoms in total. The molecule has 1 atom stereocenters. The van der Waals surface area contributed by atoms with Gasteiger partial charge >= 0.3 is 0 Å². The minimum Gasteiger partial charge on any atom is -0.390 e. The fourth-order valence-corrected chi connectivity index (χ4v) is 4.18. The number of rotatable bonds is 6. The molecule has 4 rings (SSSR count). The summed E-state index contributed by atoms with van der Waals surface area (Å²) in [6, 6.07) is 13.8. The Morgan fingerprint density at radius 3 is 2.48 bits per heavy atom. The molecule has 1 aliphatic heterocycles. The van der Waals surface area contributed by atoms with Gasteiger partial charge in [-0.1, -0.05) is 53.9 Å². The number of hydrogen-bond donors (Lipinski definition) is 0. The van der Waals surface area contributed by atoms with Gasteiger partial charge in [-0.15, -0.1) is 0 Å². The second-order valence-corrected chi connectivity index (χ2v) is 8.24. The molecule has 0 radical (unpaired) electrons. The molecule has 1 unspecified atom stereocenters. The summed E-state index contributed by atoms with van der Waals surface area (Å²) in [5.74, 6) is -0.0357. The summed E-state index contributed by atoms with van der Waals surface area (Å²) < 4.78 is 13.3. The lowest BCUT2D eigenvalue weighted by Gasteiger charge is -2.27. The molecule has 1 saturated carbocycles. The van der Waals surface area contributed by atoms with Gasteiger partial charge in [0.15, 0.2) is 6.10 Å². The Bertz CT molecular complexity index is 877. The van der Waals surface area contributed by atoms with Crippen molar-refractivity contribution in [2.75, 3.05) is 6.54 Å². The van der Waals surface area contributed by atoms with E-state index in [0.717, 1.165) is 42.5 Å². The number of benzene rings is 2. The van der Waals surface area contributed by atoms with Gasteiger partial charge in [-0.2, -0.15) is 0 Å². The first-order valence-electron chi connectivity index (χ1n) is 10.1. The van der Waals surface area contributed by atoms with Gasteiger partial charge in [0.25, 0.3) is 0 Å². The average molecular weight is 415 g/mol. The molecule has 1 aliphatic carbocycles. The van der Waals surface area contributed by atoms with Gasteiger partial charge in [0, 0.05) is 23.9 Å². The Hall–Kier alpha value is -2.40. The summed E-state index contributed by atoms with van der Waals surface area (Å²) in [4.78, 5) is 20.6. The van der Waals surface area contributed by atoms with Crippen molar-refractivity contribution in [1.29, 1.82) is 0 Å². The van der Waals surface area contributed by atoms with Crippen molar-refractivity contribution < 1.29 is 14.0 Å². The van der Waals surface area contributed by atoms with E-state index in [1.54, 1.807) is 12.1 Å². The predicted octanol–water partition coefficient (Wildman–Crippen LogP) is 5.19. The summed E-state index contributed by atoms with van der Waals surface area (Å²) in [6.45, 7) is 0.916. The molecular formula is C23H24ClFN2O2. The number of halogens is 2. The first-order chi connectivity index (χ1) is 14.1. The van der Waals surface area contributed by atoms with Gasteiger partial charge < -0.3 is 9.74 Å². The van der Waals surface area contributed by atoms with Crippen LogP contribution in [-0.2, 0) is 16.2 Å². The van der Waals surface area contributed by atoms with Crippen molar-refractivity contribution in [3.05, 3.63) is 70.5 Å². The van der Waals surface area contributed by atoms with E-state index in [4.69, 9.17) is 16.4 Å². The summed E-state index contributed by atoms with van der Waals surface area (Å²) in [6.07, 6.45) is 4.54. The number of amides is 1. The van der Waals surface area contributed by atoms with Crippen molar-refractivity contribution in [2.45, 2.75) is 44.8 Å². The molecule has 6 heteroatoms. The number of carbonyl (C=O) groups is 1. The van der Waals surface area contributed by atoms with Crippen molar-refractivity contribution in [2.24, 2.45) is 11.1 Å². The van der Waals surface area contributed by atoms with Crippen LogP contribution >= 0.6 is 11.6 Å². The molecule has 1 heterocycles. The molecule has 2 aromatic carbocycles. The third-order valence-corrected chi connectivity index (χ3v) is 5.89. The quantitative estimate of drug-likeness (QED) is 0.652. The Balaban J connectivity index is 1.44. The second-order valence-electron chi connectivity index (χ2n) is 7.80. The standard InChI is InChI=1S/C23H24ClFN2O2/c24-19-9-7-17(8-10-19)22-13-21(29-26-22)15-27(23(28)18-3-1-2-4-18)14-16-5-11-20(25)12-6-16/h5-12,18,21H,1-4,13-15H2. The van der Waals surface area contributed by atoms with Crippen molar-refractivity contribution in [3.8, 4) is 0 Å². The van der Waals surface area contributed by atoms with Gasteiger partial charge in [-0.3, -0.25) is 4.79 Å². The topological polar surface area (TPSA) is 41.9 Å². The lowest BCUT2D eigenvalue weighted by atomic mass is 10.0. The van der Waals surface area contributed by atoms with Gasteiger partial charge in [-0.05, 0) is 48.2 Å². The van der Waals surface area contributed by atoms with Crippen LogP contribution in [0.4, 0.5) is 4.39 Å². The van der Waals surface area contributed by atoms with E-state index in [0.29, 0.717) is 24.5 Å². The Labute approximate surface area is 175 Å². The maximum absolute atomic E-state index is 13.3. The number of nitrogens with zero attached hydrogens (tertiary/aromatic N) is 2. The zero-order valence-electron chi connectivity index (χ0n) is 16.2. The molecule has 1 fully saturated rings. The minimum absolute atomic E-state index is 0.0773. The van der Waals surface area contributed by atoms with Gasteiger partial charge in [0.2, 0.25) is 5.91 Å². The van der Waals surface area contributed by atoms with Crippen molar-refractivity contribution in [3.63, 3.8) is 0 Å². The lowest BCUT2D eigenvalue weighted by molar-refractivity contribution is -0.137. The molecule has 0 spiro atoms. The average Bonchev–Trinajstić information content (AvgIpc) is 3.41. The number of hydrogen-bond acceptors (Lipinski definition) is 3. The molecule has 29 heavy (non-hydrogen) atoms. The summed E-state index contributed by atoms with van der Waals surface area (Å²) in [7, 11) is 0. The van der Waals surface area contributed by atoms with Gasteiger partial charge in [-0.25, -0.2) is 4.39 Å². The molecule has 0 N–H and O–H groups in total. The van der Waals surface area contributed by atoms with Crippen LogP contribution in [0.3, 0.4) is 0 Å². The Morgan fingerprint density at radius 1 is 1.10 bits per heavy atom. The highest BCUT2D eigenvalue weighted by atomic mass is 35.5. The molecular weight excluding hydrogens is 391 g/mol. The highest BCUT2D eigenvalue weighted by Crippen LogP contribution is 2.28. The molecule has 152 valence electrons. The highest BCUT2D eigenvalue weighted by molar-refractivity contribution is 6.30. The second kappa shape index (κ2) is 8.95. The minimum atomic E-state index is -0.275. The maximum atomic E-state index is 13.3. The zero-order valence-corrected chi connectivity index (χ0v) is 16.9. The Morgan fingerprint density at radius 2 is 1.79 bits per heavy atom. The smallest absolute Gasteiger partial charge is 0.226 e. The van der Waals surface area contributed by atoms with Crippen LogP contribution < -0.4 is 0 Å². The SMILES string of the molecule is O=C(C1CCCC1)N(Cc1ccc(F)cc1)CC1CC(c2ccc(Cl)cc2)=NO1. The van der Waals surface area contributed by atoms with Crippen LogP contribution in [0.15, 0.2) is 53.7 Å². The van der Waals surface area contributed by atoms with Gasteiger partial charge in [0.1, 0.15) is 5.82 Å². The zero-order chi connectivity index (χ0) is 20.2. The van der Waals surface area contributed by atoms with E-state index in [9.17, 15) is 9.18 Å². The van der Waals surface area contributed by atoms with Gasteiger partial charge in [0.05, 0.1) is 12.3 Å². The van der Waals surface area contributed by atoms with Crippen LogP contribution in [0.2, 0.25) is 5.02 Å². The van der Waals surface area contributed by atoms with E-state index in [1.807, 2.05) is 29.2 Å². The van der Waals surface area contributed by atoms with E-state index in [2.05, 4.69) is 5.16 Å². The van der Waals surface area contributed by atoms with Crippen LogP contribution in [-0.4, -0.2) is 29.2 Å². The fourth-order valence-electron chi connectivity index (χ4n) is 4.06. The van der Waals surface area contributed by atoms with Crippen molar-refractivity contribution in [1.82, 2.24) is 4.90 Å². The highest BCUT2D eigenvalue weighted by Gasteiger charge is 2.31. The molecule has 1 amide bonds. The third-order valence-electron chi connectivity index (χ3n) is 5.64. The van der Waals surface area contributed by atoms with Crippen molar-refractivity contribution >= 4 is 23.2 Å². The normalized spacial score (nSPS) is 19.1.